The van der Waals surface area contributed by atoms with Gasteiger partial charge in [0.05, 0.1) is 21.2 Å². The normalized spacial score (nSPS) is 16.1. The van der Waals surface area contributed by atoms with Gasteiger partial charge in [0.25, 0.3) is 11.2 Å². The first-order chi connectivity index (χ1) is 19.9. The molecular weight excluding hydrogens is 558 g/mol. The Labute approximate surface area is 243 Å². The third kappa shape index (κ3) is 4.27. The van der Waals surface area contributed by atoms with E-state index >= 15 is 0 Å². The maximum atomic E-state index is 14.0. The maximum absolute atomic E-state index is 14.0. The summed E-state index contributed by atoms with van der Waals surface area (Å²) in [5.41, 5.74) is 6.20. The molecule has 1 atom stereocenters. The molecule has 7 rings (SSSR count). The number of furan rings is 1. The molecule has 9 heteroatoms. The lowest BCUT2D eigenvalue weighted by atomic mass is 9.83. The van der Waals surface area contributed by atoms with Crippen LogP contribution in [0.3, 0.4) is 0 Å². The number of hydrogen-bond donors (Lipinski definition) is 0. The number of thiazole rings is 1. The molecule has 0 unspecified atom stereocenters. The number of benzene rings is 3. The Morgan fingerprint density at radius 2 is 1.88 bits per heavy atom. The van der Waals surface area contributed by atoms with Gasteiger partial charge >= 0.3 is 0 Å². The Balaban J connectivity index is 1.38. The molecule has 3 heterocycles. The van der Waals surface area contributed by atoms with Crippen LogP contribution in [-0.4, -0.2) is 9.49 Å². The Bertz CT molecular complexity index is 2100. The molecule has 202 valence electrons. The molecule has 41 heavy (non-hydrogen) atoms. The predicted octanol–water partition coefficient (Wildman–Crippen LogP) is 6.45. The second-order valence-corrected chi connectivity index (χ2v) is 11.5. The molecule has 0 spiro atoms. The lowest BCUT2D eigenvalue weighted by Crippen LogP contribution is -2.38. The number of allylic oxidation sites excluding steroid dienone is 1. The third-order valence-electron chi connectivity index (χ3n) is 7.66. The van der Waals surface area contributed by atoms with E-state index in [-0.39, 0.29) is 17.3 Å². The van der Waals surface area contributed by atoms with E-state index in [1.54, 1.807) is 41.8 Å². The molecule has 0 N–H and O–H groups in total. The van der Waals surface area contributed by atoms with E-state index in [1.807, 2.05) is 36.4 Å². The summed E-state index contributed by atoms with van der Waals surface area (Å²) in [4.78, 5) is 30.6. The van der Waals surface area contributed by atoms with Gasteiger partial charge in [-0.1, -0.05) is 77.5 Å². The quantitative estimate of drug-likeness (QED) is 0.181. The highest BCUT2D eigenvalue weighted by Gasteiger charge is 2.33. The summed E-state index contributed by atoms with van der Waals surface area (Å²) >= 11 is 8.02. The van der Waals surface area contributed by atoms with Gasteiger partial charge in [0.2, 0.25) is 0 Å². The van der Waals surface area contributed by atoms with Crippen LogP contribution in [-0.2, 0) is 6.42 Å². The van der Waals surface area contributed by atoms with Crippen molar-refractivity contribution < 1.29 is 9.34 Å². The molecule has 1 aliphatic heterocycles. The van der Waals surface area contributed by atoms with Crippen LogP contribution in [0.25, 0.3) is 23.1 Å². The zero-order chi connectivity index (χ0) is 28.2. The number of rotatable bonds is 4. The standard InChI is InChI=1S/C32H22ClN3O4S/c1-18-10-11-20(16-26(18)36(38)39)27-15-13-21(40-27)17-28-31(37)35-30(23-8-4-5-9-25(23)33)24-14-12-19-6-2-3-7-22(19)29(24)34-32(35)41-28/h2-11,13,15-17,30H,12,14H2,1H3/b28-17+/t30-/m1/s1. The van der Waals surface area contributed by atoms with Crippen LogP contribution in [0.2, 0.25) is 5.02 Å². The zero-order valence-corrected chi connectivity index (χ0v) is 23.4. The highest BCUT2D eigenvalue weighted by atomic mass is 35.5. The first kappa shape index (κ1) is 25.4. The highest BCUT2D eigenvalue weighted by Crippen LogP contribution is 2.42. The second-order valence-electron chi connectivity index (χ2n) is 10.1. The van der Waals surface area contributed by atoms with Gasteiger partial charge in [0.1, 0.15) is 11.5 Å². The maximum Gasteiger partial charge on any atom is 0.273 e. The summed E-state index contributed by atoms with van der Waals surface area (Å²) in [5.74, 6) is 0.949. The van der Waals surface area contributed by atoms with E-state index < -0.39 is 4.92 Å². The van der Waals surface area contributed by atoms with Crippen molar-refractivity contribution in [2.75, 3.05) is 0 Å². The molecular formula is C32H22ClN3O4S. The number of halogens is 1. The summed E-state index contributed by atoms with van der Waals surface area (Å²) in [5, 5.41) is 12.0. The molecule has 7 nitrogen and oxygen atoms in total. The van der Waals surface area contributed by atoms with E-state index in [4.69, 9.17) is 21.0 Å². The number of nitro benzene ring substituents is 1. The minimum atomic E-state index is -0.406. The summed E-state index contributed by atoms with van der Waals surface area (Å²) in [7, 11) is 0. The zero-order valence-electron chi connectivity index (χ0n) is 21.8. The number of aryl methyl sites for hydroxylation is 2. The van der Waals surface area contributed by atoms with Crippen molar-refractivity contribution in [2.24, 2.45) is 4.99 Å². The second kappa shape index (κ2) is 9.83. The van der Waals surface area contributed by atoms with Crippen LogP contribution in [0.1, 0.15) is 40.5 Å². The minimum absolute atomic E-state index is 0.0267. The van der Waals surface area contributed by atoms with Crippen molar-refractivity contribution in [3.8, 4) is 11.3 Å². The van der Waals surface area contributed by atoms with Crippen molar-refractivity contribution in [3.05, 3.63) is 147 Å². The molecule has 0 saturated carbocycles. The third-order valence-corrected chi connectivity index (χ3v) is 8.99. The molecule has 0 bridgehead atoms. The van der Waals surface area contributed by atoms with E-state index in [0.717, 1.165) is 35.2 Å². The van der Waals surface area contributed by atoms with E-state index in [1.165, 1.54) is 23.0 Å². The fourth-order valence-corrected chi connectivity index (χ4v) is 6.89. The average Bonchev–Trinajstić information content (AvgIpc) is 3.56. The van der Waals surface area contributed by atoms with Crippen LogP contribution in [0.4, 0.5) is 5.69 Å². The van der Waals surface area contributed by atoms with Crippen LogP contribution >= 0.6 is 22.9 Å². The number of nitro groups is 1. The molecule has 0 amide bonds. The first-order valence-electron chi connectivity index (χ1n) is 13.1. The van der Waals surface area contributed by atoms with Crippen LogP contribution in [0.15, 0.2) is 98.6 Å². The van der Waals surface area contributed by atoms with Crippen LogP contribution in [0.5, 0.6) is 0 Å². The van der Waals surface area contributed by atoms with Gasteiger partial charge in [-0.15, -0.1) is 0 Å². The van der Waals surface area contributed by atoms with E-state index in [0.29, 0.717) is 37.0 Å². The van der Waals surface area contributed by atoms with Crippen LogP contribution < -0.4 is 14.9 Å². The number of fused-ring (bicyclic) bond motifs is 3. The lowest BCUT2D eigenvalue weighted by Gasteiger charge is -2.31. The van der Waals surface area contributed by atoms with Crippen molar-refractivity contribution in [3.63, 3.8) is 0 Å². The monoisotopic (exact) mass is 579 g/mol. The van der Waals surface area contributed by atoms with Crippen molar-refractivity contribution in [2.45, 2.75) is 25.8 Å². The Kier molecular flexibility index (Phi) is 6.10. The van der Waals surface area contributed by atoms with Crippen molar-refractivity contribution in [1.82, 2.24) is 4.57 Å². The lowest BCUT2D eigenvalue weighted by molar-refractivity contribution is -0.385. The van der Waals surface area contributed by atoms with Gasteiger partial charge in [0.15, 0.2) is 4.80 Å². The van der Waals surface area contributed by atoms with Crippen molar-refractivity contribution in [1.29, 1.82) is 0 Å². The topological polar surface area (TPSA) is 90.6 Å². The summed E-state index contributed by atoms with van der Waals surface area (Å²) in [6.07, 6.45) is 3.35. The fourth-order valence-electron chi connectivity index (χ4n) is 5.67. The Morgan fingerprint density at radius 1 is 1.07 bits per heavy atom. The minimum Gasteiger partial charge on any atom is -0.457 e. The molecule has 2 aliphatic rings. The first-order valence-corrected chi connectivity index (χ1v) is 14.3. The largest absolute Gasteiger partial charge is 0.457 e. The smallest absolute Gasteiger partial charge is 0.273 e. The Hall–Kier alpha value is -4.53. The molecule has 2 aromatic heterocycles. The molecule has 0 saturated heterocycles. The number of hydrogen-bond acceptors (Lipinski definition) is 6. The van der Waals surface area contributed by atoms with Gasteiger partial charge in [0, 0.05) is 33.9 Å². The average molecular weight is 580 g/mol. The summed E-state index contributed by atoms with van der Waals surface area (Å²) in [6, 6.07) is 24.0. The summed E-state index contributed by atoms with van der Waals surface area (Å²) < 4.78 is 8.25. The number of nitrogens with zero attached hydrogens (tertiary/aromatic N) is 3. The van der Waals surface area contributed by atoms with E-state index in [9.17, 15) is 14.9 Å². The number of aromatic nitrogens is 1. The summed E-state index contributed by atoms with van der Waals surface area (Å²) in [6.45, 7) is 1.70. The SMILES string of the molecule is Cc1ccc(-c2ccc(/C=c3/sc4n(c3=O)[C@H](c3ccccc3Cl)C3=C(N=4)c4ccccc4CC3)o2)cc1[N+](=O)[O-]. The fraction of sp³-hybridized carbons (Fsp3) is 0.125. The van der Waals surface area contributed by atoms with E-state index in [2.05, 4.69) is 12.1 Å². The molecule has 1 aliphatic carbocycles. The highest BCUT2D eigenvalue weighted by molar-refractivity contribution is 7.07. The molecule has 5 aromatic rings. The molecule has 3 aromatic carbocycles. The van der Waals surface area contributed by atoms with Crippen molar-refractivity contribution >= 4 is 40.4 Å². The van der Waals surface area contributed by atoms with Gasteiger partial charge in [-0.2, -0.15) is 0 Å². The molecule has 0 fully saturated rings. The van der Waals surface area contributed by atoms with Gasteiger partial charge in [-0.25, -0.2) is 4.99 Å². The molecule has 0 radical (unpaired) electrons. The van der Waals surface area contributed by atoms with Gasteiger partial charge in [-0.3, -0.25) is 19.5 Å². The van der Waals surface area contributed by atoms with Gasteiger partial charge < -0.3 is 4.42 Å². The van der Waals surface area contributed by atoms with Crippen LogP contribution in [0, 0.1) is 17.0 Å². The van der Waals surface area contributed by atoms with Gasteiger partial charge in [-0.05, 0) is 54.7 Å². The predicted molar refractivity (Wildman–Crippen MR) is 160 cm³/mol. The Morgan fingerprint density at radius 3 is 2.71 bits per heavy atom.